The zero-order chi connectivity index (χ0) is 10.2. The van der Waals surface area contributed by atoms with Gasteiger partial charge in [0.2, 0.25) is 0 Å². The summed E-state index contributed by atoms with van der Waals surface area (Å²) >= 11 is 5.58. The van der Waals surface area contributed by atoms with Crippen LogP contribution in [0.4, 0.5) is 0 Å². The van der Waals surface area contributed by atoms with E-state index in [2.05, 4.69) is 4.98 Å². The Hall–Kier alpha value is -0.610. The molecule has 76 valence electrons. The molecule has 1 aromatic rings. The van der Waals surface area contributed by atoms with Gasteiger partial charge in [-0.15, -0.1) is 11.6 Å². The predicted octanol–water partition coefficient (Wildman–Crippen LogP) is 1.76. The molecule has 0 atom stereocenters. The molecule has 2 rings (SSSR count). The van der Waals surface area contributed by atoms with Gasteiger partial charge in [-0.1, -0.05) is 6.07 Å². The molecule has 0 aromatic carbocycles. The number of aromatic nitrogens is 1. The molecule has 0 bridgehead atoms. The minimum atomic E-state index is -3.14. The summed E-state index contributed by atoms with van der Waals surface area (Å²) < 4.78 is 23.4. The van der Waals surface area contributed by atoms with Crippen molar-refractivity contribution in [2.24, 2.45) is 0 Å². The second-order valence-corrected chi connectivity index (χ2v) is 5.82. The molecule has 1 aliphatic carbocycles. The molecule has 1 aliphatic rings. The maximum Gasteiger partial charge on any atom is 0.198 e. The van der Waals surface area contributed by atoms with Crippen LogP contribution in [-0.2, 0) is 15.7 Å². The normalized spacial score (nSPS) is 16.9. The first kappa shape index (κ1) is 9.93. The van der Waals surface area contributed by atoms with Crippen molar-refractivity contribution >= 4 is 21.4 Å². The fraction of sp³-hybridized carbons (Fsp3) is 0.444. The molecule has 0 amide bonds. The van der Waals surface area contributed by atoms with Gasteiger partial charge in [0, 0.05) is 12.1 Å². The number of alkyl halides is 1. The van der Waals surface area contributed by atoms with Gasteiger partial charge in [0.05, 0.1) is 5.25 Å². The highest BCUT2D eigenvalue weighted by Gasteiger charge is 2.37. The van der Waals surface area contributed by atoms with Crippen LogP contribution in [0.2, 0.25) is 0 Å². The molecular weight excluding hydrogens is 222 g/mol. The summed E-state index contributed by atoms with van der Waals surface area (Å²) in [6.45, 7) is 0. The van der Waals surface area contributed by atoms with E-state index in [1.165, 1.54) is 12.3 Å². The van der Waals surface area contributed by atoms with Crippen LogP contribution in [0.1, 0.15) is 18.4 Å². The van der Waals surface area contributed by atoms with E-state index in [1.54, 1.807) is 6.07 Å². The minimum absolute atomic E-state index is 0.175. The predicted molar refractivity (Wildman–Crippen MR) is 54.0 cm³/mol. The molecule has 0 saturated heterocycles. The average molecular weight is 232 g/mol. The van der Waals surface area contributed by atoms with Gasteiger partial charge in [-0.05, 0) is 24.5 Å². The van der Waals surface area contributed by atoms with E-state index in [0.717, 1.165) is 18.4 Å². The van der Waals surface area contributed by atoms with Gasteiger partial charge in [0.25, 0.3) is 0 Å². The zero-order valence-corrected chi connectivity index (χ0v) is 9.05. The maximum absolute atomic E-state index is 11.7. The molecule has 1 heterocycles. The summed E-state index contributed by atoms with van der Waals surface area (Å²) in [7, 11) is -3.14. The van der Waals surface area contributed by atoms with Gasteiger partial charge in [-0.2, -0.15) is 0 Å². The van der Waals surface area contributed by atoms with Crippen molar-refractivity contribution in [3.63, 3.8) is 0 Å². The van der Waals surface area contributed by atoms with Crippen LogP contribution in [-0.4, -0.2) is 18.7 Å². The molecule has 0 radical (unpaired) electrons. The Kier molecular flexibility index (Phi) is 2.49. The minimum Gasteiger partial charge on any atom is -0.244 e. The Morgan fingerprint density at radius 1 is 1.43 bits per heavy atom. The third-order valence-electron chi connectivity index (χ3n) is 2.21. The first-order chi connectivity index (χ1) is 6.64. The number of pyridine rings is 1. The van der Waals surface area contributed by atoms with Crippen molar-refractivity contribution in [2.45, 2.75) is 29.0 Å². The highest BCUT2D eigenvalue weighted by Crippen LogP contribution is 2.32. The summed E-state index contributed by atoms with van der Waals surface area (Å²) in [5.74, 6) is 0.358. The number of sulfone groups is 1. The molecule has 0 spiro atoms. The van der Waals surface area contributed by atoms with Crippen molar-refractivity contribution in [3.8, 4) is 0 Å². The van der Waals surface area contributed by atoms with E-state index in [9.17, 15) is 8.42 Å². The molecule has 0 aliphatic heterocycles. The second kappa shape index (κ2) is 3.51. The topological polar surface area (TPSA) is 47.0 Å². The molecule has 3 nitrogen and oxygen atoms in total. The average Bonchev–Trinajstić information content (AvgIpc) is 3.01. The lowest BCUT2D eigenvalue weighted by molar-refractivity contribution is 0.591. The van der Waals surface area contributed by atoms with Gasteiger partial charge >= 0.3 is 0 Å². The molecule has 14 heavy (non-hydrogen) atoms. The van der Waals surface area contributed by atoms with Crippen molar-refractivity contribution < 1.29 is 8.42 Å². The lowest BCUT2D eigenvalue weighted by Crippen LogP contribution is -2.08. The molecule has 1 saturated carbocycles. The van der Waals surface area contributed by atoms with Crippen molar-refractivity contribution in [2.75, 3.05) is 0 Å². The van der Waals surface area contributed by atoms with E-state index < -0.39 is 9.84 Å². The standard InChI is InChI=1S/C9H10ClNO2S/c10-5-7-1-4-9(11-6-7)14(12,13)8-2-3-8/h1,4,6,8H,2-3,5H2. The van der Waals surface area contributed by atoms with Gasteiger partial charge in [0.15, 0.2) is 14.9 Å². The van der Waals surface area contributed by atoms with Crippen LogP contribution in [0.5, 0.6) is 0 Å². The van der Waals surface area contributed by atoms with Crippen LogP contribution >= 0.6 is 11.6 Å². The van der Waals surface area contributed by atoms with E-state index in [1.807, 2.05) is 0 Å². The largest absolute Gasteiger partial charge is 0.244 e. The van der Waals surface area contributed by atoms with Crippen molar-refractivity contribution in [1.82, 2.24) is 4.98 Å². The Morgan fingerprint density at radius 2 is 2.14 bits per heavy atom. The molecule has 5 heteroatoms. The summed E-state index contributed by atoms with van der Waals surface area (Å²) in [5.41, 5.74) is 0.835. The number of hydrogen-bond donors (Lipinski definition) is 0. The Bertz CT molecular complexity index is 423. The van der Waals surface area contributed by atoms with Gasteiger partial charge in [-0.3, -0.25) is 0 Å². The molecule has 1 aromatic heterocycles. The first-order valence-corrected chi connectivity index (χ1v) is 6.47. The fourth-order valence-corrected chi connectivity index (χ4v) is 2.92. The van der Waals surface area contributed by atoms with E-state index >= 15 is 0 Å². The number of halogens is 1. The molecule has 1 fully saturated rings. The highest BCUT2D eigenvalue weighted by atomic mass is 35.5. The van der Waals surface area contributed by atoms with Crippen LogP contribution in [0.25, 0.3) is 0 Å². The van der Waals surface area contributed by atoms with Crippen LogP contribution in [0.3, 0.4) is 0 Å². The van der Waals surface area contributed by atoms with Gasteiger partial charge < -0.3 is 0 Å². The van der Waals surface area contributed by atoms with Crippen molar-refractivity contribution in [3.05, 3.63) is 23.9 Å². The fourth-order valence-electron chi connectivity index (χ4n) is 1.21. The summed E-state index contributed by atoms with van der Waals surface area (Å²) in [6, 6.07) is 3.24. The molecule has 0 unspecified atom stereocenters. The zero-order valence-electron chi connectivity index (χ0n) is 7.48. The van der Waals surface area contributed by atoms with Crippen LogP contribution < -0.4 is 0 Å². The summed E-state index contributed by atoms with van der Waals surface area (Å²) in [6.07, 6.45) is 3.05. The Balaban J connectivity index is 2.33. The lowest BCUT2D eigenvalue weighted by atomic mass is 10.3. The quantitative estimate of drug-likeness (QED) is 0.745. The SMILES string of the molecule is O=S(=O)(c1ccc(CCl)cn1)C1CC1. The Morgan fingerprint density at radius 3 is 2.57 bits per heavy atom. The molecular formula is C9H10ClNO2S. The summed E-state index contributed by atoms with van der Waals surface area (Å²) in [5, 5.41) is -0.0225. The second-order valence-electron chi connectivity index (χ2n) is 3.38. The van der Waals surface area contributed by atoms with E-state index in [0.29, 0.717) is 5.88 Å². The maximum atomic E-state index is 11.7. The van der Waals surface area contributed by atoms with Crippen LogP contribution in [0, 0.1) is 0 Å². The third-order valence-corrected chi connectivity index (χ3v) is 4.69. The van der Waals surface area contributed by atoms with E-state index in [-0.39, 0.29) is 10.3 Å². The first-order valence-electron chi connectivity index (χ1n) is 4.39. The Labute approximate surface area is 88.0 Å². The highest BCUT2D eigenvalue weighted by molar-refractivity contribution is 7.92. The smallest absolute Gasteiger partial charge is 0.198 e. The van der Waals surface area contributed by atoms with Crippen LogP contribution in [0.15, 0.2) is 23.4 Å². The number of hydrogen-bond acceptors (Lipinski definition) is 3. The third kappa shape index (κ3) is 1.77. The summed E-state index contributed by atoms with van der Waals surface area (Å²) in [4.78, 5) is 3.91. The van der Waals surface area contributed by atoms with Crippen molar-refractivity contribution in [1.29, 1.82) is 0 Å². The molecule has 0 N–H and O–H groups in total. The van der Waals surface area contributed by atoms with Gasteiger partial charge in [0.1, 0.15) is 0 Å². The van der Waals surface area contributed by atoms with E-state index in [4.69, 9.17) is 11.6 Å². The lowest BCUT2D eigenvalue weighted by Gasteiger charge is -2.01. The number of nitrogens with zero attached hydrogens (tertiary/aromatic N) is 1. The van der Waals surface area contributed by atoms with Gasteiger partial charge in [-0.25, -0.2) is 13.4 Å². The number of rotatable bonds is 3. The monoisotopic (exact) mass is 231 g/mol.